The fraction of sp³-hybridized carbons (Fsp3) is 0.600. The molecular weight excluding hydrogens is 208 g/mol. The van der Waals surface area contributed by atoms with E-state index in [0.717, 1.165) is 18.4 Å². The lowest BCUT2D eigenvalue weighted by Gasteiger charge is -2.34. The van der Waals surface area contributed by atoms with Gasteiger partial charge in [0.25, 0.3) is 0 Å². The van der Waals surface area contributed by atoms with Crippen LogP contribution < -0.4 is 5.32 Å². The van der Waals surface area contributed by atoms with Gasteiger partial charge in [0.15, 0.2) is 0 Å². The number of nitrogens with one attached hydrogen (secondary N) is 1. The van der Waals surface area contributed by atoms with E-state index in [1.54, 1.807) is 0 Å². The van der Waals surface area contributed by atoms with E-state index in [9.17, 15) is 0 Å². The lowest BCUT2D eigenvalue weighted by Crippen LogP contribution is -2.47. The van der Waals surface area contributed by atoms with Crippen molar-refractivity contribution in [1.82, 2.24) is 10.2 Å². The molecule has 1 aliphatic rings. The van der Waals surface area contributed by atoms with Crippen LogP contribution in [0, 0.1) is 18.8 Å². The van der Waals surface area contributed by atoms with Crippen LogP contribution in [0.15, 0.2) is 24.3 Å². The van der Waals surface area contributed by atoms with Crippen molar-refractivity contribution in [1.29, 1.82) is 0 Å². The van der Waals surface area contributed by atoms with Gasteiger partial charge in [-0.2, -0.15) is 0 Å². The van der Waals surface area contributed by atoms with E-state index in [-0.39, 0.29) is 0 Å². The van der Waals surface area contributed by atoms with Crippen molar-refractivity contribution in [2.24, 2.45) is 11.8 Å². The summed E-state index contributed by atoms with van der Waals surface area (Å²) in [4.78, 5) is 2.44. The van der Waals surface area contributed by atoms with E-state index >= 15 is 0 Å². The van der Waals surface area contributed by atoms with Crippen LogP contribution in [0.25, 0.3) is 0 Å². The Kier molecular flexibility index (Phi) is 4.19. The highest BCUT2D eigenvalue weighted by molar-refractivity contribution is 5.21. The van der Waals surface area contributed by atoms with Gasteiger partial charge in [-0.05, 0) is 44.5 Å². The van der Waals surface area contributed by atoms with Crippen LogP contribution >= 0.6 is 0 Å². The standard InChI is InChI=1S/C15H24N2/c1-12-5-4-6-14(7-12)11-17(3)10-13(2)15-8-16-9-15/h4-7,13,15-16H,8-11H2,1-3H3. The quantitative estimate of drug-likeness (QED) is 0.838. The Hall–Kier alpha value is -0.860. The number of aryl methyl sites for hydroxylation is 1. The molecule has 1 atom stereocenters. The van der Waals surface area contributed by atoms with Crippen molar-refractivity contribution in [3.8, 4) is 0 Å². The van der Waals surface area contributed by atoms with E-state index in [2.05, 4.69) is 55.4 Å². The maximum Gasteiger partial charge on any atom is 0.0230 e. The molecule has 0 amide bonds. The van der Waals surface area contributed by atoms with Gasteiger partial charge in [-0.15, -0.1) is 0 Å². The Morgan fingerprint density at radius 2 is 2.18 bits per heavy atom. The molecule has 1 N–H and O–H groups in total. The fourth-order valence-corrected chi connectivity index (χ4v) is 2.54. The minimum absolute atomic E-state index is 0.797. The van der Waals surface area contributed by atoms with Crippen LogP contribution in [-0.2, 0) is 6.54 Å². The summed E-state index contributed by atoms with van der Waals surface area (Å²) in [5, 5.41) is 3.35. The molecule has 1 heterocycles. The van der Waals surface area contributed by atoms with E-state index in [0.29, 0.717) is 0 Å². The summed E-state index contributed by atoms with van der Waals surface area (Å²) in [6, 6.07) is 8.81. The second-order valence-electron chi connectivity index (χ2n) is 5.58. The average Bonchev–Trinajstić information content (AvgIpc) is 2.13. The normalized spacial score (nSPS) is 18.1. The number of benzene rings is 1. The Balaban J connectivity index is 1.81. The Morgan fingerprint density at radius 1 is 1.41 bits per heavy atom. The summed E-state index contributed by atoms with van der Waals surface area (Å²) >= 11 is 0. The molecule has 2 heteroatoms. The second kappa shape index (κ2) is 5.65. The van der Waals surface area contributed by atoms with Gasteiger partial charge in [-0.1, -0.05) is 36.8 Å². The maximum atomic E-state index is 3.35. The van der Waals surface area contributed by atoms with Crippen molar-refractivity contribution in [3.63, 3.8) is 0 Å². The lowest BCUT2D eigenvalue weighted by atomic mass is 9.88. The fourth-order valence-electron chi connectivity index (χ4n) is 2.54. The highest BCUT2D eigenvalue weighted by Gasteiger charge is 2.24. The predicted octanol–water partition coefficient (Wildman–Crippen LogP) is 2.28. The zero-order valence-electron chi connectivity index (χ0n) is 11.2. The molecule has 0 saturated carbocycles. The smallest absolute Gasteiger partial charge is 0.0230 e. The van der Waals surface area contributed by atoms with Crippen LogP contribution in [0.1, 0.15) is 18.1 Å². The third-order valence-corrected chi connectivity index (χ3v) is 3.75. The van der Waals surface area contributed by atoms with Gasteiger partial charge < -0.3 is 10.2 Å². The predicted molar refractivity (Wildman–Crippen MR) is 73.0 cm³/mol. The summed E-state index contributed by atoms with van der Waals surface area (Å²) in [7, 11) is 2.23. The largest absolute Gasteiger partial charge is 0.316 e. The Morgan fingerprint density at radius 3 is 2.76 bits per heavy atom. The Bertz CT molecular complexity index is 358. The van der Waals surface area contributed by atoms with Gasteiger partial charge in [0.1, 0.15) is 0 Å². The second-order valence-corrected chi connectivity index (χ2v) is 5.58. The van der Waals surface area contributed by atoms with Gasteiger partial charge >= 0.3 is 0 Å². The van der Waals surface area contributed by atoms with Gasteiger partial charge in [-0.3, -0.25) is 0 Å². The summed E-state index contributed by atoms with van der Waals surface area (Å²) in [6.07, 6.45) is 0. The third-order valence-electron chi connectivity index (χ3n) is 3.75. The molecule has 17 heavy (non-hydrogen) atoms. The molecule has 0 spiro atoms. The first kappa shape index (κ1) is 12.6. The topological polar surface area (TPSA) is 15.3 Å². The molecule has 0 aliphatic carbocycles. The molecule has 1 aromatic carbocycles. The number of hydrogen-bond donors (Lipinski definition) is 1. The number of nitrogens with zero attached hydrogens (tertiary/aromatic N) is 1. The first-order valence-corrected chi connectivity index (χ1v) is 6.60. The van der Waals surface area contributed by atoms with Crippen molar-refractivity contribution in [2.45, 2.75) is 20.4 Å². The molecule has 0 aromatic heterocycles. The number of rotatable bonds is 5. The van der Waals surface area contributed by atoms with E-state index in [4.69, 9.17) is 0 Å². The third kappa shape index (κ3) is 3.55. The SMILES string of the molecule is Cc1cccc(CN(C)CC(C)C2CNC2)c1. The van der Waals surface area contributed by atoms with Crippen LogP contribution in [0.2, 0.25) is 0 Å². The maximum absolute atomic E-state index is 3.35. The lowest BCUT2D eigenvalue weighted by molar-refractivity contribution is 0.182. The monoisotopic (exact) mass is 232 g/mol. The summed E-state index contributed by atoms with van der Waals surface area (Å²) in [5.41, 5.74) is 2.78. The average molecular weight is 232 g/mol. The van der Waals surface area contributed by atoms with Crippen molar-refractivity contribution in [2.75, 3.05) is 26.7 Å². The molecule has 1 saturated heterocycles. The van der Waals surface area contributed by atoms with Crippen LogP contribution in [0.4, 0.5) is 0 Å². The molecule has 1 fully saturated rings. The summed E-state index contributed by atoms with van der Waals surface area (Å²) in [5.74, 6) is 1.68. The highest BCUT2D eigenvalue weighted by atomic mass is 15.1. The molecule has 0 radical (unpaired) electrons. The number of hydrogen-bond acceptors (Lipinski definition) is 2. The van der Waals surface area contributed by atoms with Gasteiger partial charge in [0, 0.05) is 13.1 Å². The molecule has 94 valence electrons. The molecule has 1 aromatic rings. The van der Waals surface area contributed by atoms with Gasteiger partial charge in [-0.25, -0.2) is 0 Å². The minimum Gasteiger partial charge on any atom is -0.316 e. The van der Waals surface area contributed by atoms with Crippen LogP contribution in [-0.4, -0.2) is 31.6 Å². The van der Waals surface area contributed by atoms with Crippen molar-refractivity contribution in [3.05, 3.63) is 35.4 Å². The van der Waals surface area contributed by atoms with E-state index < -0.39 is 0 Å². The van der Waals surface area contributed by atoms with Crippen molar-refractivity contribution >= 4 is 0 Å². The van der Waals surface area contributed by atoms with E-state index in [1.807, 2.05) is 0 Å². The van der Waals surface area contributed by atoms with Gasteiger partial charge in [0.2, 0.25) is 0 Å². The zero-order valence-corrected chi connectivity index (χ0v) is 11.2. The molecule has 1 aliphatic heterocycles. The van der Waals surface area contributed by atoms with E-state index in [1.165, 1.54) is 30.8 Å². The van der Waals surface area contributed by atoms with Gasteiger partial charge in [0.05, 0.1) is 0 Å². The first-order valence-electron chi connectivity index (χ1n) is 6.60. The zero-order chi connectivity index (χ0) is 12.3. The molecule has 2 nitrogen and oxygen atoms in total. The summed E-state index contributed by atoms with van der Waals surface area (Å²) < 4.78 is 0. The molecular formula is C15H24N2. The van der Waals surface area contributed by atoms with Crippen LogP contribution in [0.3, 0.4) is 0 Å². The molecule has 1 unspecified atom stereocenters. The molecule has 0 bridgehead atoms. The Labute approximate surface area is 105 Å². The first-order chi connectivity index (χ1) is 8.15. The minimum atomic E-state index is 0.797. The molecule has 2 rings (SSSR count). The summed E-state index contributed by atoms with van der Waals surface area (Å²) in [6.45, 7) is 9.20. The van der Waals surface area contributed by atoms with Crippen molar-refractivity contribution < 1.29 is 0 Å². The van der Waals surface area contributed by atoms with Crippen LogP contribution in [0.5, 0.6) is 0 Å². The highest BCUT2D eigenvalue weighted by Crippen LogP contribution is 2.17.